The van der Waals surface area contributed by atoms with Crippen LogP contribution in [0.15, 0.2) is 23.8 Å². The van der Waals surface area contributed by atoms with Crippen molar-refractivity contribution in [2.24, 2.45) is 11.3 Å². The first-order valence-electron chi connectivity index (χ1n) is 9.07. The molecule has 2 aliphatic rings. The van der Waals surface area contributed by atoms with Gasteiger partial charge in [-0.15, -0.1) is 0 Å². The molecule has 0 saturated carbocycles. The van der Waals surface area contributed by atoms with E-state index in [2.05, 4.69) is 0 Å². The summed E-state index contributed by atoms with van der Waals surface area (Å²) in [5, 5.41) is 48.5. The van der Waals surface area contributed by atoms with Crippen LogP contribution < -0.4 is 0 Å². The van der Waals surface area contributed by atoms with Gasteiger partial charge in [-0.05, 0) is 18.4 Å². The molecular weight excluding hydrogens is 356 g/mol. The number of aliphatic hydroxyl groups is 5. The van der Waals surface area contributed by atoms with Crippen LogP contribution in [0.25, 0.3) is 0 Å². The van der Waals surface area contributed by atoms with Crippen molar-refractivity contribution in [1.82, 2.24) is 0 Å². The van der Waals surface area contributed by atoms with Gasteiger partial charge in [0.2, 0.25) is 0 Å². The minimum atomic E-state index is -1.54. The highest BCUT2D eigenvalue weighted by atomic mass is 16.7. The number of hydrogen-bond acceptors (Lipinski definition) is 8. The Balaban J connectivity index is 2.10. The Kier molecular flexibility index (Phi) is 7.32. The van der Waals surface area contributed by atoms with Crippen LogP contribution in [0.5, 0.6) is 0 Å². The monoisotopic (exact) mass is 386 g/mol. The Morgan fingerprint density at radius 3 is 2.48 bits per heavy atom. The van der Waals surface area contributed by atoms with Gasteiger partial charge in [0.25, 0.3) is 0 Å². The van der Waals surface area contributed by atoms with Crippen molar-refractivity contribution >= 4 is 5.78 Å². The average molecular weight is 386 g/mol. The van der Waals surface area contributed by atoms with E-state index < -0.39 is 50.0 Å². The number of hydrogen-bond donors (Lipinski definition) is 5. The second-order valence-electron chi connectivity index (χ2n) is 7.94. The van der Waals surface area contributed by atoms with Crippen LogP contribution in [-0.4, -0.2) is 81.3 Å². The fourth-order valence-corrected chi connectivity index (χ4v) is 3.72. The fraction of sp³-hybridized carbons (Fsp3) is 0.737. The van der Waals surface area contributed by atoms with E-state index in [1.165, 1.54) is 0 Å². The number of allylic oxidation sites excluding steroid dienone is 3. The summed E-state index contributed by atoms with van der Waals surface area (Å²) < 4.78 is 10.8. The van der Waals surface area contributed by atoms with E-state index in [1.807, 2.05) is 26.8 Å². The molecule has 8 nitrogen and oxygen atoms in total. The second-order valence-corrected chi connectivity index (χ2v) is 7.94. The number of carbonyl (C=O) groups is 1. The lowest BCUT2D eigenvalue weighted by molar-refractivity contribution is -0.309. The van der Waals surface area contributed by atoms with E-state index in [9.17, 15) is 30.3 Å². The van der Waals surface area contributed by atoms with Gasteiger partial charge in [0.05, 0.1) is 13.2 Å². The third kappa shape index (κ3) is 5.03. The lowest BCUT2D eigenvalue weighted by Crippen LogP contribution is -2.59. The minimum absolute atomic E-state index is 0.0253. The maximum atomic E-state index is 11.8. The molecule has 0 radical (unpaired) electrons. The molecule has 8 heteroatoms. The standard InChI is InChI=1S/C19H30O8/c1-10-6-11(22)7-19(2,3)13(10)5-4-12(8-20)26-18-17(25)16(24)15(23)14(9-21)27-18/h4-6,12-18,20-21,23-25H,7-9H2,1-3H3/b5-4+/t12-,13+,14-,15+,16+,17-,18-/m1/s1. The van der Waals surface area contributed by atoms with Gasteiger partial charge in [-0.3, -0.25) is 4.79 Å². The molecule has 1 aliphatic carbocycles. The van der Waals surface area contributed by atoms with Gasteiger partial charge in [-0.2, -0.15) is 0 Å². The van der Waals surface area contributed by atoms with E-state index in [0.29, 0.717) is 6.42 Å². The van der Waals surface area contributed by atoms with Crippen molar-refractivity contribution in [2.75, 3.05) is 13.2 Å². The van der Waals surface area contributed by atoms with Gasteiger partial charge in [0, 0.05) is 12.3 Å². The smallest absolute Gasteiger partial charge is 0.187 e. The number of carbonyl (C=O) groups excluding carboxylic acids is 1. The maximum absolute atomic E-state index is 11.8. The first kappa shape index (κ1) is 22.2. The molecule has 154 valence electrons. The zero-order chi connectivity index (χ0) is 20.4. The molecule has 0 aromatic rings. The molecule has 0 bridgehead atoms. The molecule has 5 N–H and O–H groups in total. The zero-order valence-corrected chi connectivity index (χ0v) is 15.9. The minimum Gasteiger partial charge on any atom is -0.394 e. The topological polar surface area (TPSA) is 137 Å². The van der Waals surface area contributed by atoms with Gasteiger partial charge in [0.15, 0.2) is 12.1 Å². The van der Waals surface area contributed by atoms with Crippen LogP contribution >= 0.6 is 0 Å². The second kappa shape index (κ2) is 8.91. The SMILES string of the molecule is CC1=CC(=O)CC(C)(C)[C@H]1/C=C/[C@H](CO)O[C@@H]1O[C@H](CO)[C@H](O)[C@H](O)[C@H]1O. The summed E-state index contributed by atoms with van der Waals surface area (Å²) in [6.07, 6.45) is -2.28. The molecule has 1 aliphatic heterocycles. The van der Waals surface area contributed by atoms with Crippen molar-refractivity contribution < 1.29 is 39.8 Å². The van der Waals surface area contributed by atoms with E-state index >= 15 is 0 Å². The molecule has 1 saturated heterocycles. The van der Waals surface area contributed by atoms with Gasteiger partial charge in [0.1, 0.15) is 30.5 Å². The van der Waals surface area contributed by atoms with E-state index in [0.717, 1.165) is 5.57 Å². The summed E-state index contributed by atoms with van der Waals surface area (Å²) in [7, 11) is 0. The van der Waals surface area contributed by atoms with Crippen LogP contribution in [0.4, 0.5) is 0 Å². The van der Waals surface area contributed by atoms with Gasteiger partial charge in [-0.1, -0.05) is 31.6 Å². The number of ether oxygens (including phenoxy) is 2. The van der Waals surface area contributed by atoms with Crippen molar-refractivity contribution in [3.05, 3.63) is 23.8 Å². The normalized spacial score (nSPS) is 38.1. The lowest BCUT2D eigenvalue weighted by atomic mass is 9.68. The van der Waals surface area contributed by atoms with Crippen LogP contribution in [0.1, 0.15) is 27.2 Å². The van der Waals surface area contributed by atoms with Crippen LogP contribution in [0.2, 0.25) is 0 Å². The molecule has 27 heavy (non-hydrogen) atoms. The number of rotatable bonds is 6. The highest BCUT2D eigenvalue weighted by Crippen LogP contribution is 2.40. The zero-order valence-electron chi connectivity index (χ0n) is 15.9. The molecule has 0 spiro atoms. The van der Waals surface area contributed by atoms with Gasteiger partial charge >= 0.3 is 0 Å². The van der Waals surface area contributed by atoms with Gasteiger partial charge < -0.3 is 35.0 Å². The Hall–Kier alpha value is -1.13. The van der Waals surface area contributed by atoms with E-state index in [4.69, 9.17) is 9.47 Å². The summed E-state index contributed by atoms with van der Waals surface area (Å²) in [5.74, 6) is 0.0566. The van der Waals surface area contributed by atoms with Crippen LogP contribution in [0, 0.1) is 11.3 Å². The molecule has 1 fully saturated rings. The Morgan fingerprint density at radius 1 is 1.26 bits per heavy atom. The van der Waals surface area contributed by atoms with Crippen molar-refractivity contribution in [3.63, 3.8) is 0 Å². The van der Waals surface area contributed by atoms with Crippen LogP contribution in [0.3, 0.4) is 0 Å². The Morgan fingerprint density at radius 2 is 1.93 bits per heavy atom. The molecule has 0 unspecified atom stereocenters. The van der Waals surface area contributed by atoms with Crippen molar-refractivity contribution in [1.29, 1.82) is 0 Å². The fourth-order valence-electron chi connectivity index (χ4n) is 3.72. The first-order chi connectivity index (χ1) is 12.6. The molecule has 7 atom stereocenters. The summed E-state index contributed by atoms with van der Waals surface area (Å²) >= 11 is 0. The highest BCUT2D eigenvalue weighted by Gasteiger charge is 2.44. The predicted molar refractivity (Wildman–Crippen MR) is 95.5 cm³/mol. The predicted octanol–water partition coefficient (Wildman–Crippen LogP) is -0.718. The molecule has 1 heterocycles. The van der Waals surface area contributed by atoms with E-state index in [1.54, 1.807) is 12.2 Å². The number of aliphatic hydroxyl groups excluding tert-OH is 5. The molecule has 0 aromatic heterocycles. The molecular formula is C19H30O8. The summed E-state index contributed by atoms with van der Waals surface area (Å²) in [6.45, 7) is 4.89. The van der Waals surface area contributed by atoms with Crippen LogP contribution in [-0.2, 0) is 14.3 Å². The number of ketones is 1. The van der Waals surface area contributed by atoms with E-state index in [-0.39, 0.29) is 17.1 Å². The average Bonchev–Trinajstić information content (AvgIpc) is 2.59. The largest absolute Gasteiger partial charge is 0.394 e. The van der Waals surface area contributed by atoms with Crippen molar-refractivity contribution in [3.8, 4) is 0 Å². The lowest BCUT2D eigenvalue weighted by Gasteiger charge is -2.40. The summed E-state index contributed by atoms with van der Waals surface area (Å²) in [6, 6.07) is 0. The third-order valence-electron chi connectivity index (χ3n) is 5.21. The summed E-state index contributed by atoms with van der Waals surface area (Å²) in [5.41, 5.74) is 0.632. The first-order valence-corrected chi connectivity index (χ1v) is 9.07. The quantitative estimate of drug-likeness (QED) is 0.377. The highest BCUT2D eigenvalue weighted by molar-refractivity contribution is 5.92. The Labute approximate surface area is 158 Å². The van der Waals surface area contributed by atoms with Crippen molar-refractivity contribution in [2.45, 2.75) is 64.0 Å². The molecule has 0 aromatic carbocycles. The van der Waals surface area contributed by atoms with Gasteiger partial charge in [-0.25, -0.2) is 0 Å². The summed E-state index contributed by atoms with van der Waals surface area (Å²) in [4.78, 5) is 11.8. The molecule has 2 rings (SSSR count). The Bertz CT molecular complexity index is 582. The maximum Gasteiger partial charge on any atom is 0.187 e. The third-order valence-corrected chi connectivity index (χ3v) is 5.21. The molecule has 0 amide bonds.